The van der Waals surface area contributed by atoms with Gasteiger partial charge in [-0.2, -0.15) is 0 Å². The minimum absolute atomic E-state index is 0.522. The van der Waals surface area contributed by atoms with Crippen molar-refractivity contribution in [3.8, 4) is 0 Å². The number of aromatic amines is 1. The Morgan fingerprint density at radius 2 is 2.11 bits per heavy atom. The molecule has 3 N–H and O–H groups in total. The van der Waals surface area contributed by atoms with Crippen LogP contribution in [0.5, 0.6) is 0 Å². The number of benzene rings is 1. The summed E-state index contributed by atoms with van der Waals surface area (Å²) in [5, 5.41) is 7.08. The van der Waals surface area contributed by atoms with Gasteiger partial charge in [0.2, 0.25) is 0 Å². The molecule has 28 heavy (non-hydrogen) atoms. The first-order valence-corrected chi connectivity index (χ1v) is 11.0. The van der Waals surface area contributed by atoms with Gasteiger partial charge in [0.1, 0.15) is 5.82 Å². The lowest BCUT2D eigenvalue weighted by Crippen LogP contribution is -2.45. The number of fused-ring (bicyclic) bond motifs is 1. The third-order valence-corrected chi connectivity index (χ3v) is 6.03. The van der Waals surface area contributed by atoms with Gasteiger partial charge >= 0.3 is 0 Å². The Morgan fingerprint density at radius 1 is 1.25 bits per heavy atom. The molecular weight excluding hydrogens is 348 g/mol. The zero-order valence-corrected chi connectivity index (χ0v) is 17.1. The van der Waals surface area contributed by atoms with E-state index < -0.39 is 0 Å². The predicted octanol–water partition coefficient (Wildman–Crippen LogP) is 3.07. The smallest absolute Gasteiger partial charge is 0.191 e. The summed E-state index contributed by atoms with van der Waals surface area (Å²) in [7, 11) is 0. The molecule has 1 aromatic heterocycles. The van der Waals surface area contributed by atoms with Gasteiger partial charge in [-0.3, -0.25) is 9.89 Å². The standard InChI is InChI=1S/C22H34N6/c1-2-23-22(25-17-13-15-28(16-17)18-8-3-4-9-18)24-14-7-12-21-26-19-10-5-6-11-20(19)27-21/h5-6,10-11,17-18H,2-4,7-9,12-16H2,1H3,(H,26,27)(H2,23,24,25). The van der Waals surface area contributed by atoms with Gasteiger partial charge in [0.25, 0.3) is 0 Å². The molecule has 2 heterocycles. The SMILES string of the molecule is CCNC(=NCCCc1nc2ccccc2[nH]1)NC1CCN(C2CCCC2)C1. The number of hydrogen-bond acceptors (Lipinski definition) is 3. The number of imidazole rings is 1. The van der Waals surface area contributed by atoms with E-state index >= 15 is 0 Å². The largest absolute Gasteiger partial charge is 0.357 e. The Balaban J connectivity index is 1.24. The van der Waals surface area contributed by atoms with Gasteiger partial charge in [0.15, 0.2) is 5.96 Å². The summed E-state index contributed by atoms with van der Waals surface area (Å²) in [4.78, 5) is 15.5. The molecule has 2 aliphatic rings. The fourth-order valence-corrected chi connectivity index (χ4v) is 4.58. The molecule has 1 aliphatic carbocycles. The molecule has 0 bridgehead atoms. The van der Waals surface area contributed by atoms with E-state index in [1.165, 1.54) is 38.6 Å². The summed E-state index contributed by atoms with van der Waals surface area (Å²) >= 11 is 0. The Labute approximate surface area is 168 Å². The average Bonchev–Trinajstić information content (AvgIpc) is 3.44. The van der Waals surface area contributed by atoms with E-state index in [1.807, 2.05) is 12.1 Å². The van der Waals surface area contributed by atoms with E-state index in [-0.39, 0.29) is 0 Å². The third kappa shape index (κ3) is 4.85. The summed E-state index contributed by atoms with van der Waals surface area (Å²) in [5.41, 5.74) is 2.16. The minimum atomic E-state index is 0.522. The van der Waals surface area contributed by atoms with Crippen molar-refractivity contribution in [1.82, 2.24) is 25.5 Å². The van der Waals surface area contributed by atoms with E-state index in [4.69, 9.17) is 4.99 Å². The lowest BCUT2D eigenvalue weighted by atomic mass is 10.2. The minimum Gasteiger partial charge on any atom is -0.357 e. The molecule has 4 rings (SSSR count). The second kappa shape index (κ2) is 9.41. The molecule has 1 saturated heterocycles. The van der Waals surface area contributed by atoms with Crippen molar-refractivity contribution in [2.75, 3.05) is 26.2 Å². The van der Waals surface area contributed by atoms with E-state index in [0.717, 1.165) is 61.3 Å². The quantitative estimate of drug-likeness (QED) is 0.391. The number of nitrogens with zero attached hydrogens (tertiary/aromatic N) is 3. The van der Waals surface area contributed by atoms with Crippen LogP contribution in [-0.4, -0.2) is 59.1 Å². The first-order valence-electron chi connectivity index (χ1n) is 11.0. The molecule has 1 saturated carbocycles. The summed E-state index contributed by atoms with van der Waals surface area (Å²) in [6.07, 6.45) is 8.75. The van der Waals surface area contributed by atoms with Gasteiger partial charge in [-0.25, -0.2) is 4.98 Å². The summed E-state index contributed by atoms with van der Waals surface area (Å²) in [6.45, 7) is 6.23. The number of aryl methyl sites for hydroxylation is 1. The van der Waals surface area contributed by atoms with Crippen LogP contribution in [0.3, 0.4) is 0 Å². The van der Waals surface area contributed by atoms with Crippen LogP contribution in [0.2, 0.25) is 0 Å². The van der Waals surface area contributed by atoms with Crippen LogP contribution in [0.4, 0.5) is 0 Å². The maximum Gasteiger partial charge on any atom is 0.191 e. The van der Waals surface area contributed by atoms with Crippen molar-refractivity contribution < 1.29 is 0 Å². The van der Waals surface area contributed by atoms with Crippen LogP contribution in [-0.2, 0) is 6.42 Å². The van der Waals surface area contributed by atoms with E-state index in [0.29, 0.717) is 6.04 Å². The molecule has 0 radical (unpaired) electrons. The van der Waals surface area contributed by atoms with Crippen LogP contribution < -0.4 is 10.6 Å². The van der Waals surface area contributed by atoms with Crippen LogP contribution in [0.15, 0.2) is 29.3 Å². The highest BCUT2D eigenvalue weighted by atomic mass is 15.3. The maximum absolute atomic E-state index is 4.80. The lowest BCUT2D eigenvalue weighted by molar-refractivity contribution is 0.242. The first kappa shape index (κ1) is 19.2. The van der Waals surface area contributed by atoms with Crippen molar-refractivity contribution >= 4 is 17.0 Å². The highest BCUT2D eigenvalue weighted by molar-refractivity contribution is 5.80. The van der Waals surface area contributed by atoms with Crippen molar-refractivity contribution in [2.24, 2.45) is 4.99 Å². The third-order valence-electron chi connectivity index (χ3n) is 6.03. The highest BCUT2D eigenvalue weighted by Gasteiger charge is 2.30. The van der Waals surface area contributed by atoms with Gasteiger partial charge < -0.3 is 15.6 Å². The molecule has 6 heteroatoms. The number of para-hydroxylation sites is 2. The van der Waals surface area contributed by atoms with Gasteiger partial charge in [0, 0.05) is 44.7 Å². The number of aromatic nitrogens is 2. The predicted molar refractivity (Wildman–Crippen MR) is 116 cm³/mol. The number of hydrogen-bond donors (Lipinski definition) is 3. The average molecular weight is 383 g/mol. The Kier molecular flexibility index (Phi) is 6.47. The van der Waals surface area contributed by atoms with E-state index in [2.05, 4.69) is 44.6 Å². The molecule has 1 aliphatic heterocycles. The summed E-state index contributed by atoms with van der Waals surface area (Å²) in [6, 6.07) is 9.55. The number of aliphatic imine (C=N–C) groups is 1. The summed E-state index contributed by atoms with van der Waals surface area (Å²) < 4.78 is 0. The molecule has 1 atom stereocenters. The monoisotopic (exact) mass is 382 g/mol. The second-order valence-corrected chi connectivity index (χ2v) is 8.13. The van der Waals surface area contributed by atoms with Crippen molar-refractivity contribution in [2.45, 2.75) is 64.0 Å². The molecule has 152 valence electrons. The van der Waals surface area contributed by atoms with Crippen molar-refractivity contribution in [1.29, 1.82) is 0 Å². The van der Waals surface area contributed by atoms with E-state index in [1.54, 1.807) is 0 Å². The van der Waals surface area contributed by atoms with Crippen LogP contribution in [0, 0.1) is 0 Å². The number of likely N-dealkylation sites (tertiary alicyclic amines) is 1. The van der Waals surface area contributed by atoms with Gasteiger partial charge in [0.05, 0.1) is 11.0 Å². The zero-order valence-electron chi connectivity index (χ0n) is 17.1. The van der Waals surface area contributed by atoms with Crippen LogP contribution >= 0.6 is 0 Å². The summed E-state index contributed by atoms with van der Waals surface area (Å²) in [5.74, 6) is 2.02. The highest BCUT2D eigenvalue weighted by Crippen LogP contribution is 2.26. The molecular formula is C22H34N6. The van der Waals surface area contributed by atoms with Crippen molar-refractivity contribution in [3.63, 3.8) is 0 Å². The fourth-order valence-electron chi connectivity index (χ4n) is 4.58. The second-order valence-electron chi connectivity index (χ2n) is 8.13. The number of guanidine groups is 1. The Morgan fingerprint density at radius 3 is 2.93 bits per heavy atom. The van der Waals surface area contributed by atoms with Gasteiger partial charge in [-0.15, -0.1) is 0 Å². The maximum atomic E-state index is 4.80. The van der Waals surface area contributed by atoms with Crippen LogP contribution in [0.1, 0.15) is 51.3 Å². The van der Waals surface area contributed by atoms with Crippen LogP contribution in [0.25, 0.3) is 11.0 Å². The molecule has 2 aromatic rings. The first-order chi connectivity index (χ1) is 13.8. The van der Waals surface area contributed by atoms with Gasteiger partial charge in [-0.05, 0) is 44.7 Å². The molecule has 2 fully saturated rings. The Hall–Kier alpha value is -2.08. The molecule has 0 amide bonds. The Bertz CT molecular complexity index is 743. The number of H-pyrrole nitrogens is 1. The number of nitrogens with one attached hydrogen (secondary N) is 3. The lowest BCUT2D eigenvalue weighted by Gasteiger charge is -2.24. The normalized spacial score (nSPS) is 21.6. The molecule has 1 aromatic carbocycles. The van der Waals surface area contributed by atoms with Gasteiger partial charge in [-0.1, -0.05) is 25.0 Å². The van der Waals surface area contributed by atoms with E-state index in [9.17, 15) is 0 Å². The molecule has 6 nitrogen and oxygen atoms in total. The zero-order chi connectivity index (χ0) is 19.2. The number of rotatable bonds is 7. The fraction of sp³-hybridized carbons (Fsp3) is 0.636. The topological polar surface area (TPSA) is 68.3 Å². The van der Waals surface area contributed by atoms with Crippen molar-refractivity contribution in [3.05, 3.63) is 30.1 Å². The molecule has 0 spiro atoms. The molecule has 1 unspecified atom stereocenters.